The number of benzene rings is 4. The quantitative estimate of drug-likeness (QED) is 0.0292. The number of likely N-dealkylation sites (tertiary alicyclic amines) is 4. The number of carbonyl (C=O) groups is 8. The molecule has 4 aliphatic rings. The van der Waals surface area contributed by atoms with Gasteiger partial charge in [-0.2, -0.15) is 0 Å². The summed E-state index contributed by atoms with van der Waals surface area (Å²) in [6, 6.07) is 29.4. The van der Waals surface area contributed by atoms with Crippen molar-refractivity contribution in [3.63, 3.8) is 0 Å². The Morgan fingerprint density at radius 1 is 0.315 bits per heavy atom. The Labute approximate surface area is 629 Å². The van der Waals surface area contributed by atoms with Crippen LogP contribution in [0.5, 0.6) is 0 Å². The molecule has 4 aromatic heterocycles. The number of H-pyrrole nitrogens is 4. The summed E-state index contributed by atoms with van der Waals surface area (Å²) < 4.78 is 19.0. The molecular weight excluding hydrogens is 1380 g/mol. The van der Waals surface area contributed by atoms with E-state index in [1.807, 2.05) is 104 Å². The fraction of sp³-hybridized carbons (Fsp3) is 0.450. The van der Waals surface area contributed by atoms with Crippen molar-refractivity contribution in [2.24, 2.45) is 23.7 Å². The lowest BCUT2D eigenvalue weighted by Gasteiger charge is -2.30. The smallest absolute Gasteiger partial charge is 0.407 e. The number of hydrogen-bond acceptors (Lipinski definition) is 16. The van der Waals surface area contributed by atoms with Gasteiger partial charge in [0.15, 0.2) is 0 Å². The number of nitrogens with zero attached hydrogens (tertiary/aromatic N) is 8. The summed E-state index contributed by atoms with van der Waals surface area (Å²) in [4.78, 5) is 141. The SMILES string of the molecule is COC(=O)N[C@H](C(=O)N1CCC[C@H]1c1ncc(-c2ccc(-c3ccc(-c4cnc([C@@H]5CCCN5C(=O)[C@@H](NC(=O)OC)C(C)C)[nH]4)cc3)cc2)[nH]1)C(C)C.COC(=O)N[C@H](C(=O)N1CCC[C@H]1c1ncc(-c2ccc(-c3ccc(-c4cnc([C@@H]5CCCN5C(=O)[C@@H](NC(=O)OC)C(C)C)[nH]4)cc3)cc2)[nH]1)C(C)C. The van der Waals surface area contributed by atoms with Gasteiger partial charge in [-0.1, -0.05) is 152 Å². The molecular formula is C80H100N16O12. The van der Waals surface area contributed by atoms with Crippen molar-refractivity contribution in [2.45, 2.75) is 155 Å². The Kier molecular flexibility index (Phi) is 25.2. The third-order valence-corrected chi connectivity index (χ3v) is 20.8. The monoisotopic (exact) mass is 1480 g/mol. The maximum absolute atomic E-state index is 13.5. The van der Waals surface area contributed by atoms with Gasteiger partial charge in [0.25, 0.3) is 0 Å². The summed E-state index contributed by atoms with van der Waals surface area (Å²) >= 11 is 0. The zero-order valence-corrected chi connectivity index (χ0v) is 63.4. The van der Waals surface area contributed by atoms with E-state index in [4.69, 9.17) is 18.9 Å². The number of amides is 8. The standard InChI is InChI=1S/2C40H50N8O6/c2*1-23(2)33(45-39(51)53-5)37(49)47-19-7-9-31(47)35-41-21-29(43-35)27-15-11-25(12-16-27)26-13-17-28(18-14-26)30-22-42-36(44-30)32-10-8-20-48(32)38(50)34(24(3)4)46-40(52)54-6/h2*11-18,21-24,31-34H,7-10,19-20H2,1-6H3,(H,41,43)(H,42,44)(H,45,51)(H,46,52)/t2*31-,32-,33-,34-/m00/s1. The second-order valence-corrected chi connectivity index (χ2v) is 29.2. The summed E-state index contributed by atoms with van der Waals surface area (Å²) in [5.41, 5.74) is 11.6. The normalized spacial score (nSPS) is 18.1. The van der Waals surface area contributed by atoms with Crippen LogP contribution in [0.2, 0.25) is 0 Å². The van der Waals surface area contributed by atoms with Crippen molar-refractivity contribution in [1.82, 2.24) is 80.7 Å². The van der Waals surface area contributed by atoms with Crippen LogP contribution in [0, 0.1) is 23.7 Å². The van der Waals surface area contributed by atoms with E-state index in [9.17, 15) is 38.4 Å². The molecule has 572 valence electrons. The number of aromatic nitrogens is 8. The molecule has 8 aromatic rings. The first-order chi connectivity index (χ1) is 52.0. The van der Waals surface area contributed by atoms with Crippen LogP contribution in [-0.4, -0.2) is 186 Å². The Morgan fingerprint density at radius 3 is 0.657 bits per heavy atom. The van der Waals surface area contributed by atoms with Crippen LogP contribution < -0.4 is 21.3 Å². The molecule has 0 spiro atoms. The first-order valence-electron chi connectivity index (χ1n) is 37.2. The van der Waals surface area contributed by atoms with Gasteiger partial charge in [0, 0.05) is 26.2 Å². The van der Waals surface area contributed by atoms with Crippen LogP contribution in [-0.2, 0) is 38.1 Å². The molecule has 12 rings (SSSR count). The third-order valence-electron chi connectivity index (χ3n) is 20.8. The third kappa shape index (κ3) is 17.7. The van der Waals surface area contributed by atoms with Crippen LogP contribution in [0.25, 0.3) is 67.3 Å². The molecule has 0 bridgehead atoms. The van der Waals surface area contributed by atoms with E-state index < -0.39 is 48.5 Å². The molecule has 0 aliphatic carbocycles. The first kappa shape index (κ1) is 77.8. The number of alkyl carbamates (subject to hydrolysis) is 4. The Hall–Kier alpha value is -11.3. The maximum atomic E-state index is 13.5. The number of hydrogen-bond donors (Lipinski definition) is 8. The van der Waals surface area contributed by atoms with Gasteiger partial charge in [0.05, 0.1) is 100 Å². The second-order valence-electron chi connectivity index (χ2n) is 29.2. The molecule has 8 atom stereocenters. The largest absolute Gasteiger partial charge is 0.453 e. The van der Waals surface area contributed by atoms with E-state index in [1.54, 1.807) is 44.4 Å². The van der Waals surface area contributed by atoms with Crippen molar-refractivity contribution < 1.29 is 57.3 Å². The molecule has 4 aromatic carbocycles. The predicted octanol–water partition coefficient (Wildman–Crippen LogP) is 12.4. The van der Waals surface area contributed by atoms with Gasteiger partial charge >= 0.3 is 24.4 Å². The first-order valence-corrected chi connectivity index (χ1v) is 37.2. The highest BCUT2D eigenvalue weighted by Crippen LogP contribution is 2.39. The fourth-order valence-corrected chi connectivity index (χ4v) is 14.8. The van der Waals surface area contributed by atoms with Gasteiger partial charge in [-0.05, 0) is 120 Å². The van der Waals surface area contributed by atoms with Gasteiger partial charge in [-0.15, -0.1) is 0 Å². The van der Waals surface area contributed by atoms with Crippen LogP contribution in [0.4, 0.5) is 19.2 Å². The van der Waals surface area contributed by atoms with E-state index in [2.05, 4.69) is 110 Å². The summed E-state index contributed by atoms with van der Waals surface area (Å²) in [6.45, 7) is 17.6. The molecule has 4 aliphatic heterocycles. The topological polar surface area (TPSA) is 349 Å². The average molecular weight is 1480 g/mol. The molecule has 108 heavy (non-hydrogen) atoms. The highest BCUT2D eigenvalue weighted by atomic mass is 16.5. The van der Waals surface area contributed by atoms with E-state index in [1.165, 1.54) is 28.4 Å². The molecule has 8 N–H and O–H groups in total. The van der Waals surface area contributed by atoms with Crippen LogP contribution >= 0.6 is 0 Å². The maximum Gasteiger partial charge on any atom is 0.407 e. The number of rotatable bonds is 22. The molecule has 8 heterocycles. The predicted molar refractivity (Wildman–Crippen MR) is 406 cm³/mol. The molecule has 28 nitrogen and oxygen atoms in total. The van der Waals surface area contributed by atoms with Crippen LogP contribution in [0.3, 0.4) is 0 Å². The number of carbonyl (C=O) groups excluding carboxylic acids is 8. The molecule has 4 saturated heterocycles. The average Bonchev–Trinajstić information content (AvgIpc) is 1.67. The van der Waals surface area contributed by atoms with Crippen LogP contribution in [0.15, 0.2) is 122 Å². The van der Waals surface area contributed by atoms with Crippen molar-refractivity contribution in [3.8, 4) is 67.3 Å². The van der Waals surface area contributed by atoms with Crippen molar-refractivity contribution in [3.05, 3.63) is 145 Å². The van der Waals surface area contributed by atoms with Crippen molar-refractivity contribution >= 4 is 48.0 Å². The molecule has 0 saturated carbocycles. The van der Waals surface area contributed by atoms with E-state index in [-0.39, 0.29) is 71.5 Å². The summed E-state index contributed by atoms with van der Waals surface area (Å²) in [5.74, 6) is 1.91. The van der Waals surface area contributed by atoms with Gasteiger partial charge < -0.3 is 79.8 Å². The van der Waals surface area contributed by atoms with Crippen LogP contribution in [0.1, 0.15) is 154 Å². The lowest BCUT2D eigenvalue weighted by molar-refractivity contribution is -0.136. The number of methoxy groups -OCH3 is 4. The number of aromatic amines is 4. The Balaban J connectivity index is 0.000000215. The molecule has 28 heteroatoms. The van der Waals surface area contributed by atoms with Gasteiger partial charge in [-0.25, -0.2) is 39.1 Å². The van der Waals surface area contributed by atoms with Gasteiger partial charge in [0.2, 0.25) is 23.6 Å². The minimum Gasteiger partial charge on any atom is -0.453 e. The number of imidazole rings is 4. The molecule has 4 fully saturated rings. The lowest BCUT2D eigenvalue weighted by atomic mass is 10.0. The van der Waals surface area contributed by atoms with Crippen molar-refractivity contribution in [1.29, 1.82) is 0 Å². The van der Waals surface area contributed by atoms with E-state index in [0.717, 1.165) is 142 Å². The zero-order chi connectivity index (χ0) is 77.0. The highest BCUT2D eigenvalue weighted by molar-refractivity contribution is 5.89. The Bertz CT molecular complexity index is 3870. The minimum atomic E-state index is -0.687. The highest BCUT2D eigenvalue weighted by Gasteiger charge is 2.42. The molecule has 0 radical (unpaired) electrons. The lowest BCUT2D eigenvalue weighted by Crippen LogP contribution is -2.51. The molecule has 0 unspecified atom stereocenters. The van der Waals surface area contributed by atoms with Gasteiger partial charge in [-0.3, -0.25) is 19.2 Å². The van der Waals surface area contributed by atoms with E-state index in [0.29, 0.717) is 26.2 Å². The second kappa shape index (κ2) is 34.9. The fourth-order valence-electron chi connectivity index (χ4n) is 14.8. The Morgan fingerprint density at radius 2 is 0.491 bits per heavy atom. The summed E-state index contributed by atoms with van der Waals surface area (Å²) in [7, 11) is 5.15. The minimum absolute atomic E-state index is 0.104. The number of nitrogens with one attached hydrogen (secondary N) is 8. The summed E-state index contributed by atoms with van der Waals surface area (Å²) in [6.07, 6.45) is 11.2. The number of ether oxygens (including phenoxy) is 4. The van der Waals surface area contributed by atoms with Crippen molar-refractivity contribution in [2.75, 3.05) is 54.6 Å². The van der Waals surface area contributed by atoms with E-state index >= 15 is 0 Å². The summed E-state index contributed by atoms with van der Waals surface area (Å²) in [5, 5.41) is 10.8. The zero-order valence-electron chi connectivity index (χ0n) is 63.4. The molecule has 8 amide bonds. The van der Waals surface area contributed by atoms with Gasteiger partial charge in [0.1, 0.15) is 47.5 Å².